The number of hydrogen-bond donors (Lipinski definition) is 2. The first-order valence-electron chi connectivity index (χ1n) is 11.4. The highest BCUT2D eigenvalue weighted by Gasteiger charge is 2.21. The zero-order valence-corrected chi connectivity index (χ0v) is 19.1. The fourth-order valence-corrected chi connectivity index (χ4v) is 3.96. The predicted octanol–water partition coefficient (Wildman–Crippen LogP) is 4.52. The van der Waals surface area contributed by atoms with Gasteiger partial charge in [-0.05, 0) is 41.0 Å². The van der Waals surface area contributed by atoms with Crippen molar-refractivity contribution < 1.29 is 14.6 Å². The van der Waals surface area contributed by atoms with Crippen LogP contribution in [0, 0.1) is 0 Å². The van der Waals surface area contributed by atoms with Crippen molar-refractivity contribution in [1.82, 2.24) is 15.0 Å². The van der Waals surface area contributed by atoms with E-state index in [1.807, 2.05) is 60.7 Å². The van der Waals surface area contributed by atoms with Crippen LogP contribution in [0.15, 0.2) is 79.0 Å². The van der Waals surface area contributed by atoms with Gasteiger partial charge in [0.2, 0.25) is 0 Å². The lowest BCUT2D eigenvalue weighted by molar-refractivity contribution is -0.136. The topological polar surface area (TPSA) is 100 Å². The molecule has 1 aliphatic heterocycles. The largest absolute Gasteiger partial charge is 0.489 e. The summed E-state index contributed by atoms with van der Waals surface area (Å²) in [5.41, 5.74) is 4.11. The van der Waals surface area contributed by atoms with E-state index in [0.717, 1.165) is 30.2 Å². The molecule has 5 rings (SSSR count). The van der Waals surface area contributed by atoms with Crippen molar-refractivity contribution >= 4 is 17.6 Å². The van der Waals surface area contributed by atoms with Crippen molar-refractivity contribution in [2.75, 3.05) is 16.8 Å². The third-order valence-corrected chi connectivity index (χ3v) is 5.72. The number of carboxylic acids is 1. The molecule has 0 saturated carbocycles. The number of anilines is 2. The van der Waals surface area contributed by atoms with Crippen molar-refractivity contribution in [2.24, 2.45) is 0 Å². The Labute approximate surface area is 203 Å². The van der Waals surface area contributed by atoms with Gasteiger partial charge in [0, 0.05) is 31.9 Å². The number of hydrogen-bond acceptors (Lipinski definition) is 7. The Morgan fingerprint density at radius 3 is 2.46 bits per heavy atom. The van der Waals surface area contributed by atoms with Crippen molar-refractivity contribution in [3.05, 3.63) is 95.7 Å². The smallest absolute Gasteiger partial charge is 0.305 e. The van der Waals surface area contributed by atoms with Gasteiger partial charge in [-0.3, -0.25) is 9.78 Å². The fraction of sp³-hybridized carbons (Fsp3) is 0.185. The molecular formula is C27H25N5O3. The van der Waals surface area contributed by atoms with Gasteiger partial charge in [0.15, 0.2) is 5.82 Å². The van der Waals surface area contributed by atoms with E-state index in [1.54, 1.807) is 6.20 Å². The number of carboxylic acid groups (broad SMARTS) is 1. The Kier molecular flexibility index (Phi) is 6.52. The van der Waals surface area contributed by atoms with Gasteiger partial charge in [-0.2, -0.15) is 0 Å². The van der Waals surface area contributed by atoms with Gasteiger partial charge < -0.3 is 20.1 Å². The molecule has 0 radical (unpaired) electrons. The average molecular weight is 468 g/mol. The van der Waals surface area contributed by atoms with E-state index in [2.05, 4.69) is 32.3 Å². The molecule has 0 bridgehead atoms. The Morgan fingerprint density at radius 2 is 1.71 bits per heavy atom. The maximum Gasteiger partial charge on any atom is 0.305 e. The van der Waals surface area contributed by atoms with Crippen molar-refractivity contribution in [3.63, 3.8) is 0 Å². The van der Waals surface area contributed by atoms with Crippen LogP contribution in [0.4, 0.5) is 11.6 Å². The van der Waals surface area contributed by atoms with E-state index in [1.165, 1.54) is 11.1 Å². The molecule has 35 heavy (non-hydrogen) atoms. The van der Waals surface area contributed by atoms with Gasteiger partial charge in [0.05, 0.1) is 6.42 Å². The molecule has 176 valence electrons. The Bertz CT molecular complexity index is 1300. The molecule has 2 N–H and O–H groups in total. The lowest BCUT2D eigenvalue weighted by atomic mass is 10.1. The molecule has 0 fully saturated rings. The van der Waals surface area contributed by atoms with Gasteiger partial charge in [-0.15, -0.1) is 0 Å². The number of fused-ring (bicyclic) bond motifs is 1. The molecule has 0 saturated heterocycles. The van der Waals surface area contributed by atoms with Gasteiger partial charge in [-0.25, -0.2) is 9.97 Å². The number of pyridine rings is 1. The highest BCUT2D eigenvalue weighted by molar-refractivity contribution is 5.67. The first-order valence-corrected chi connectivity index (χ1v) is 11.4. The molecule has 8 heteroatoms. The van der Waals surface area contributed by atoms with Crippen LogP contribution in [-0.4, -0.2) is 32.6 Å². The first kappa shape index (κ1) is 22.3. The maximum absolute atomic E-state index is 11.0. The summed E-state index contributed by atoms with van der Waals surface area (Å²) in [6.45, 7) is 2.16. The molecule has 2 aromatic carbocycles. The van der Waals surface area contributed by atoms with Crippen LogP contribution < -0.4 is 15.0 Å². The summed E-state index contributed by atoms with van der Waals surface area (Å²) in [6, 6.07) is 23.7. The highest BCUT2D eigenvalue weighted by atomic mass is 16.5. The van der Waals surface area contributed by atoms with Gasteiger partial charge in [0.1, 0.15) is 29.7 Å². The first-order chi connectivity index (χ1) is 17.1. The summed E-state index contributed by atoms with van der Waals surface area (Å²) in [4.78, 5) is 27.1. The number of ether oxygens (including phenoxy) is 1. The predicted molar refractivity (Wildman–Crippen MR) is 133 cm³/mol. The van der Waals surface area contributed by atoms with E-state index < -0.39 is 5.97 Å². The zero-order chi connectivity index (χ0) is 24.0. The standard InChI is InChI=1S/C27H25N5O3/c33-26(34)11-13-29-24-15-25(32-16-20-6-4-5-7-21(20)17-32)31-27(30-24)23-14-19(10-12-28-23)18-35-22-8-2-1-3-9-22/h1-10,12,14-15H,11,13,16-18H2,(H,33,34)(H,29,30,31). The van der Waals surface area contributed by atoms with E-state index in [0.29, 0.717) is 23.9 Å². The number of nitrogens with one attached hydrogen (secondary N) is 1. The molecule has 0 amide bonds. The second-order valence-electron chi connectivity index (χ2n) is 8.28. The van der Waals surface area contributed by atoms with Crippen LogP contribution in [-0.2, 0) is 24.5 Å². The van der Waals surface area contributed by atoms with Crippen molar-refractivity contribution in [1.29, 1.82) is 0 Å². The van der Waals surface area contributed by atoms with E-state index in [4.69, 9.17) is 14.8 Å². The molecule has 4 aromatic rings. The number of benzene rings is 2. The summed E-state index contributed by atoms with van der Waals surface area (Å²) in [5, 5.41) is 12.1. The quantitative estimate of drug-likeness (QED) is 0.371. The number of rotatable bonds is 9. The average Bonchev–Trinajstić information content (AvgIpc) is 3.33. The molecular weight excluding hydrogens is 442 g/mol. The number of para-hydroxylation sites is 1. The summed E-state index contributed by atoms with van der Waals surface area (Å²) in [7, 11) is 0. The summed E-state index contributed by atoms with van der Waals surface area (Å²) in [6.07, 6.45) is 1.71. The number of carbonyl (C=O) groups is 1. The monoisotopic (exact) mass is 467 g/mol. The van der Waals surface area contributed by atoms with Crippen molar-refractivity contribution in [2.45, 2.75) is 26.1 Å². The van der Waals surface area contributed by atoms with Crippen molar-refractivity contribution in [3.8, 4) is 17.3 Å². The van der Waals surface area contributed by atoms with Crippen LogP contribution in [0.5, 0.6) is 5.75 Å². The Balaban J connectivity index is 1.41. The van der Waals surface area contributed by atoms with Crippen LogP contribution >= 0.6 is 0 Å². The van der Waals surface area contributed by atoms with E-state index in [-0.39, 0.29) is 13.0 Å². The molecule has 0 spiro atoms. The Hall–Kier alpha value is -4.46. The second-order valence-corrected chi connectivity index (χ2v) is 8.28. The minimum Gasteiger partial charge on any atom is -0.489 e. The molecule has 0 aliphatic carbocycles. The van der Waals surface area contributed by atoms with Gasteiger partial charge >= 0.3 is 5.97 Å². The van der Waals surface area contributed by atoms with Crippen LogP contribution in [0.25, 0.3) is 11.5 Å². The summed E-state index contributed by atoms with van der Waals surface area (Å²) >= 11 is 0. The normalized spacial score (nSPS) is 12.3. The maximum atomic E-state index is 11.0. The number of aromatic nitrogens is 3. The van der Waals surface area contributed by atoms with Crippen LogP contribution in [0.2, 0.25) is 0 Å². The lowest BCUT2D eigenvalue weighted by Gasteiger charge is -2.18. The minimum absolute atomic E-state index is 0.00557. The number of aliphatic carboxylic acids is 1. The van der Waals surface area contributed by atoms with Crippen LogP contribution in [0.3, 0.4) is 0 Å². The Morgan fingerprint density at radius 1 is 0.971 bits per heavy atom. The van der Waals surface area contributed by atoms with E-state index >= 15 is 0 Å². The number of nitrogens with zero attached hydrogens (tertiary/aromatic N) is 4. The minimum atomic E-state index is -0.866. The summed E-state index contributed by atoms with van der Waals surface area (Å²) in [5.74, 6) is 1.72. The SMILES string of the molecule is O=C(O)CCNc1cc(N2Cc3ccccc3C2)nc(-c2cc(COc3ccccc3)ccn2)n1. The molecule has 1 aliphatic rings. The fourth-order valence-electron chi connectivity index (χ4n) is 3.96. The third-order valence-electron chi connectivity index (χ3n) is 5.72. The van der Waals surface area contributed by atoms with E-state index in [9.17, 15) is 4.79 Å². The highest BCUT2D eigenvalue weighted by Crippen LogP contribution is 2.29. The van der Waals surface area contributed by atoms with Crippen LogP contribution in [0.1, 0.15) is 23.1 Å². The molecule has 3 heterocycles. The van der Waals surface area contributed by atoms with Gasteiger partial charge in [-0.1, -0.05) is 42.5 Å². The molecule has 0 unspecified atom stereocenters. The molecule has 0 atom stereocenters. The molecule has 2 aromatic heterocycles. The second kappa shape index (κ2) is 10.2. The molecule has 8 nitrogen and oxygen atoms in total. The lowest BCUT2D eigenvalue weighted by Crippen LogP contribution is -2.18. The van der Waals surface area contributed by atoms with Gasteiger partial charge in [0.25, 0.3) is 0 Å². The zero-order valence-electron chi connectivity index (χ0n) is 19.1. The summed E-state index contributed by atoms with van der Waals surface area (Å²) < 4.78 is 5.88. The third kappa shape index (κ3) is 5.55.